The molecule has 0 radical (unpaired) electrons. The zero-order chi connectivity index (χ0) is 12.0. The molecule has 0 amide bonds. The lowest BCUT2D eigenvalue weighted by molar-refractivity contribution is 1.15. The number of imidazole rings is 1. The van der Waals surface area contributed by atoms with Gasteiger partial charge in [0.25, 0.3) is 0 Å². The van der Waals surface area contributed by atoms with Gasteiger partial charge in [-0.3, -0.25) is 0 Å². The van der Waals surface area contributed by atoms with E-state index in [1.54, 1.807) is 11.3 Å². The molecule has 0 aliphatic carbocycles. The molecule has 0 aromatic carbocycles. The molecule has 4 heteroatoms. The number of thiophene rings is 1. The van der Waals surface area contributed by atoms with Crippen molar-refractivity contribution in [1.82, 2.24) is 9.38 Å². The quantitative estimate of drug-likeness (QED) is 0.649. The minimum Gasteiger partial charge on any atom is -0.305 e. The summed E-state index contributed by atoms with van der Waals surface area (Å²) < 4.78 is 3.15. The van der Waals surface area contributed by atoms with E-state index in [0.29, 0.717) is 0 Å². The Morgan fingerprint density at radius 2 is 2.06 bits per heavy atom. The minimum atomic E-state index is 1.02. The van der Waals surface area contributed by atoms with E-state index >= 15 is 0 Å². The van der Waals surface area contributed by atoms with Gasteiger partial charge in [0.1, 0.15) is 5.65 Å². The predicted octanol–water partition coefficient (Wildman–Crippen LogP) is 4.44. The molecule has 0 unspecified atom stereocenters. The lowest BCUT2D eigenvalue weighted by Crippen LogP contribution is -1.86. The predicted molar refractivity (Wildman–Crippen MR) is 75.7 cm³/mol. The van der Waals surface area contributed by atoms with Gasteiger partial charge >= 0.3 is 0 Å². The van der Waals surface area contributed by atoms with E-state index in [9.17, 15) is 0 Å². The first-order valence-electron chi connectivity index (χ1n) is 5.35. The van der Waals surface area contributed by atoms with Crippen LogP contribution in [0.5, 0.6) is 0 Å². The summed E-state index contributed by atoms with van der Waals surface area (Å²) in [5.74, 6) is 0. The van der Waals surface area contributed by atoms with Gasteiger partial charge in [0, 0.05) is 21.7 Å². The highest BCUT2D eigenvalue weighted by molar-refractivity contribution is 9.10. The van der Waals surface area contributed by atoms with Crippen molar-refractivity contribution in [3.63, 3.8) is 0 Å². The SMILES string of the molecule is Cc1ccc(-c2cn3cc(Br)cc(C)c3n2)s1. The van der Waals surface area contributed by atoms with Crippen molar-refractivity contribution in [3.8, 4) is 10.6 Å². The summed E-state index contributed by atoms with van der Waals surface area (Å²) >= 11 is 5.29. The Balaban J connectivity index is 2.23. The minimum absolute atomic E-state index is 1.02. The van der Waals surface area contributed by atoms with E-state index in [1.807, 2.05) is 6.20 Å². The van der Waals surface area contributed by atoms with Crippen LogP contribution in [0.15, 0.2) is 35.1 Å². The Bertz CT molecular complexity index is 697. The van der Waals surface area contributed by atoms with Gasteiger partial charge in [0.15, 0.2) is 0 Å². The number of halogens is 1. The van der Waals surface area contributed by atoms with E-state index in [4.69, 9.17) is 0 Å². The molecule has 0 bridgehead atoms. The summed E-state index contributed by atoms with van der Waals surface area (Å²) in [6, 6.07) is 6.35. The van der Waals surface area contributed by atoms with E-state index in [0.717, 1.165) is 15.8 Å². The highest BCUT2D eigenvalue weighted by Gasteiger charge is 2.08. The molecule has 0 aliphatic heterocycles. The third kappa shape index (κ3) is 1.91. The van der Waals surface area contributed by atoms with Crippen LogP contribution in [0, 0.1) is 13.8 Å². The lowest BCUT2D eigenvalue weighted by Gasteiger charge is -1.97. The normalized spacial score (nSPS) is 11.2. The van der Waals surface area contributed by atoms with Gasteiger partial charge in [-0.05, 0) is 53.5 Å². The van der Waals surface area contributed by atoms with Crippen LogP contribution < -0.4 is 0 Å². The third-order valence-electron chi connectivity index (χ3n) is 2.69. The van der Waals surface area contributed by atoms with Gasteiger partial charge in [-0.15, -0.1) is 11.3 Å². The smallest absolute Gasteiger partial charge is 0.140 e. The van der Waals surface area contributed by atoms with E-state index in [1.165, 1.54) is 15.3 Å². The Morgan fingerprint density at radius 1 is 1.24 bits per heavy atom. The zero-order valence-corrected chi connectivity index (χ0v) is 12.0. The van der Waals surface area contributed by atoms with Crippen LogP contribution in [0.25, 0.3) is 16.2 Å². The molecule has 86 valence electrons. The van der Waals surface area contributed by atoms with Crippen molar-refractivity contribution in [1.29, 1.82) is 0 Å². The Labute approximate surface area is 112 Å². The number of fused-ring (bicyclic) bond motifs is 1. The van der Waals surface area contributed by atoms with Crippen LogP contribution in [0.1, 0.15) is 10.4 Å². The van der Waals surface area contributed by atoms with Crippen molar-refractivity contribution < 1.29 is 0 Å². The van der Waals surface area contributed by atoms with Gasteiger partial charge in [-0.25, -0.2) is 4.98 Å². The number of aryl methyl sites for hydroxylation is 2. The number of nitrogens with zero attached hydrogens (tertiary/aromatic N) is 2. The summed E-state index contributed by atoms with van der Waals surface area (Å²) in [6.07, 6.45) is 4.12. The summed E-state index contributed by atoms with van der Waals surface area (Å²) in [5, 5.41) is 0. The van der Waals surface area contributed by atoms with Gasteiger partial charge < -0.3 is 4.40 Å². The average Bonchev–Trinajstić information content (AvgIpc) is 2.83. The van der Waals surface area contributed by atoms with Gasteiger partial charge in [0.05, 0.1) is 10.6 Å². The number of aromatic nitrogens is 2. The van der Waals surface area contributed by atoms with Crippen molar-refractivity contribution in [3.05, 3.63) is 45.5 Å². The highest BCUT2D eigenvalue weighted by Crippen LogP contribution is 2.28. The van der Waals surface area contributed by atoms with E-state index in [2.05, 4.69) is 63.6 Å². The molecule has 0 N–H and O–H groups in total. The fourth-order valence-corrected chi connectivity index (χ4v) is 3.30. The first kappa shape index (κ1) is 11.0. The number of pyridine rings is 1. The highest BCUT2D eigenvalue weighted by atomic mass is 79.9. The molecule has 3 heterocycles. The topological polar surface area (TPSA) is 17.3 Å². The van der Waals surface area contributed by atoms with Crippen molar-refractivity contribution >= 4 is 32.9 Å². The standard InChI is InChI=1S/C13H11BrN2S/c1-8-5-10(14)6-16-7-11(15-13(8)16)12-4-3-9(2)17-12/h3-7H,1-2H3. The zero-order valence-electron chi connectivity index (χ0n) is 9.57. The molecule has 3 aromatic rings. The van der Waals surface area contributed by atoms with Gasteiger partial charge in [-0.2, -0.15) is 0 Å². The summed E-state index contributed by atoms with van der Waals surface area (Å²) in [6.45, 7) is 4.20. The van der Waals surface area contributed by atoms with Crippen LogP contribution in [0.3, 0.4) is 0 Å². The molecule has 0 saturated heterocycles. The molecule has 0 spiro atoms. The fraction of sp³-hybridized carbons (Fsp3) is 0.154. The number of hydrogen-bond donors (Lipinski definition) is 0. The molecule has 0 saturated carbocycles. The molecule has 2 nitrogen and oxygen atoms in total. The summed E-state index contributed by atoms with van der Waals surface area (Å²) in [4.78, 5) is 7.23. The Hall–Kier alpha value is -1.13. The van der Waals surface area contributed by atoms with Crippen LogP contribution in [0.2, 0.25) is 0 Å². The molecule has 0 atom stereocenters. The molecule has 17 heavy (non-hydrogen) atoms. The molecule has 0 fully saturated rings. The lowest BCUT2D eigenvalue weighted by atomic mass is 10.3. The first-order valence-corrected chi connectivity index (χ1v) is 6.96. The number of hydrogen-bond acceptors (Lipinski definition) is 2. The third-order valence-corrected chi connectivity index (χ3v) is 4.15. The van der Waals surface area contributed by atoms with Crippen LogP contribution >= 0.6 is 27.3 Å². The second kappa shape index (κ2) is 3.96. The molecular weight excluding hydrogens is 296 g/mol. The Morgan fingerprint density at radius 3 is 2.76 bits per heavy atom. The molecule has 3 aromatic heterocycles. The maximum Gasteiger partial charge on any atom is 0.140 e. The van der Waals surface area contributed by atoms with Crippen LogP contribution in [0.4, 0.5) is 0 Å². The van der Waals surface area contributed by atoms with Crippen molar-refractivity contribution in [2.24, 2.45) is 0 Å². The van der Waals surface area contributed by atoms with Crippen molar-refractivity contribution in [2.45, 2.75) is 13.8 Å². The maximum absolute atomic E-state index is 4.69. The van der Waals surface area contributed by atoms with E-state index < -0.39 is 0 Å². The summed E-state index contributed by atoms with van der Waals surface area (Å²) in [7, 11) is 0. The second-order valence-electron chi connectivity index (χ2n) is 4.11. The number of rotatable bonds is 1. The molecular formula is C13H11BrN2S. The average molecular weight is 307 g/mol. The molecule has 0 aliphatic rings. The van der Waals surface area contributed by atoms with Crippen LogP contribution in [-0.4, -0.2) is 9.38 Å². The maximum atomic E-state index is 4.69. The molecule has 3 rings (SSSR count). The van der Waals surface area contributed by atoms with E-state index in [-0.39, 0.29) is 0 Å². The Kier molecular flexibility index (Phi) is 2.56. The van der Waals surface area contributed by atoms with Gasteiger partial charge in [0.2, 0.25) is 0 Å². The monoisotopic (exact) mass is 306 g/mol. The van der Waals surface area contributed by atoms with Crippen molar-refractivity contribution in [2.75, 3.05) is 0 Å². The largest absolute Gasteiger partial charge is 0.305 e. The first-order chi connectivity index (χ1) is 8.13. The van der Waals surface area contributed by atoms with Crippen LogP contribution in [-0.2, 0) is 0 Å². The fourth-order valence-electron chi connectivity index (χ4n) is 1.92. The van der Waals surface area contributed by atoms with Gasteiger partial charge in [-0.1, -0.05) is 0 Å². The summed E-state index contributed by atoms with van der Waals surface area (Å²) in [5.41, 5.74) is 3.25. The second-order valence-corrected chi connectivity index (χ2v) is 6.31.